The summed E-state index contributed by atoms with van der Waals surface area (Å²) < 4.78 is 0. The number of carbonyl (C=O) groups excluding carboxylic acids is 1. The molecule has 2 aromatic rings. The fraction of sp³-hybridized carbons (Fsp3) is 0.231. The molecule has 92 valence electrons. The van der Waals surface area contributed by atoms with E-state index < -0.39 is 0 Å². The molecule has 5 nitrogen and oxygen atoms in total. The van der Waals surface area contributed by atoms with Crippen molar-refractivity contribution in [1.29, 1.82) is 0 Å². The van der Waals surface area contributed by atoms with E-state index in [0.717, 1.165) is 24.5 Å². The van der Waals surface area contributed by atoms with Gasteiger partial charge in [0.2, 0.25) is 0 Å². The molecule has 1 aromatic carbocycles. The van der Waals surface area contributed by atoms with E-state index in [1.165, 1.54) is 5.56 Å². The summed E-state index contributed by atoms with van der Waals surface area (Å²) in [5, 5.41) is 6.10. The molecule has 1 aliphatic rings. The molecule has 1 amide bonds. The fourth-order valence-corrected chi connectivity index (χ4v) is 2.09. The Hall–Kier alpha value is -2.30. The Morgan fingerprint density at radius 3 is 3.22 bits per heavy atom. The van der Waals surface area contributed by atoms with E-state index in [1.54, 1.807) is 12.4 Å². The van der Waals surface area contributed by atoms with Gasteiger partial charge in [-0.15, -0.1) is 0 Å². The second-order valence-electron chi connectivity index (χ2n) is 4.27. The van der Waals surface area contributed by atoms with Gasteiger partial charge in [0, 0.05) is 30.2 Å². The van der Waals surface area contributed by atoms with Gasteiger partial charge >= 0.3 is 0 Å². The van der Waals surface area contributed by atoms with Crippen LogP contribution in [-0.2, 0) is 13.0 Å². The average Bonchev–Trinajstić information content (AvgIpc) is 3.05. The van der Waals surface area contributed by atoms with Gasteiger partial charge < -0.3 is 15.6 Å². The van der Waals surface area contributed by atoms with Crippen LogP contribution in [0.15, 0.2) is 30.6 Å². The molecule has 2 heterocycles. The highest BCUT2D eigenvalue weighted by molar-refractivity contribution is 5.95. The third-order valence-corrected chi connectivity index (χ3v) is 3.05. The fourth-order valence-electron chi connectivity index (χ4n) is 2.09. The molecule has 0 unspecified atom stereocenters. The Bertz CT molecular complexity index is 562. The zero-order valence-corrected chi connectivity index (χ0v) is 9.86. The Labute approximate surface area is 105 Å². The molecule has 0 radical (unpaired) electrons. The van der Waals surface area contributed by atoms with Gasteiger partial charge in [-0.3, -0.25) is 4.79 Å². The Morgan fingerprint density at radius 1 is 1.44 bits per heavy atom. The number of nitrogens with zero attached hydrogens (tertiary/aromatic N) is 1. The number of H-pyrrole nitrogens is 1. The van der Waals surface area contributed by atoms with Crippen LogP contribution in [0.1, 0.15) is 21.7 Å². The summed E-state index contributed by atoms with van der Waals surface area (Å²) in [6, 6.07) is 5.78. The lowest BCUT2D eigenvalue weighted by atomic mass is 10.1. The van der Waals surface area contributed by atoms with Gasteiger partial charge in [0.1, 0.15) is 5.82 Å². The van der Waals surface area contributed by atoms with Crippen molar-refractivity contribution in [3.63, 3.8) is 0 Å². The first-order valence-corrected chi connectivity index (χ1v) is 5.96. The lowest BCUT2D eigenvalue weighted by Crippen LogP contribution is -2.23. The minimum Gasteiger partial charge on any atom is -0.384 e. The normalized spacial score (nSPS) is 12.9. The van der Waals surface area contributed by atoms with Crippen molar-refractivity contribution >= 4 is 11.6 Å². The molecule has 1 aliphatic heterocycles. The largest absolute Gasteiger partial charge is 0.384 e. The number of aromatic amines is 1. The van der Waals surface area contributed by atoms with E-state index in [9.17, 15) is 4.79 Å². The zero-order valence-electron chi connectivity index (χ0n) is 9.86. The maximum atomic E-state index is 12.0. The van der Waals surface area contributed by atoms with Crippen molar-refractivity contribution in [2.45, 2.75) is 13.0 Å². The summed E-state index contributed by atoms with van der Waals surface area (Å²) in [7, 11) is 0. The van der Waals surface area contributed by atoms with Crippen LogP contribution in [0.25, 0.3) is 0 Å². The van der Waals surface area contributed by atoms with Crippen LogP contribution in [0, 0.1) is 0 Å². The number of amides is 1. The summed E-state index contributed by atoms with van der Waals surface area (Å²) in [4.78, 5) is 19.0. The third-order valence-electron chi connectivity index (χ3n) is 3.05. The van der Waals surface area contributed by atoms with E-state index in [-0.39, 0.29) is 5.91 Å². The van der Waals surface area contributed by atoms with Gasteiger partial charge in [-0.2, -0.15) is 0 Å². The molecule has 3 rings (SSSR count). The van der Waals surface area contributed by atoms with Gasteiger partial charge in [-0.25, -0.2) is 4.98 Å². The van der Waals surface area contributed by atoms with E-state index >= 15 is 0 Å². The summed E-state index contributed by atoms with van der Waals surface area (Å²) in [5.74, 6) is 0.672. The number of benzene rings is 1. The summed E-state index contributed by atoms with van der Waals surface area (Å²) in [5.41, 5.74) is 3.02. The summed E-state index contributed by atoms with van der Waals surface area (Å²) in [6.07, 6.45) is 4.44. The SMILES string of the molecule is O=C(NCc1ncc[nH]1)c1ccc2c(c1)NCC2. The first-order chi connectivity index (χ1) is 8.83. The van der Waals surface area contributed by atoms with E-state index in [1.807, 2.05) is 18.2 Å². The van der Waals surface area contributed by atoms with Gasteiger partial charge in [0.05, 0.1) is 6.54 Å². The molecule has 0 fully saturated rings. The molecule has 0 spiro atoms. The maximum Gasteiger partial charge on any atom is 0.251 e. The van der Waals surface area contributed by atoms with Crippen LogP contribution in [0.2, 0.25) is 0 Å². The van der Waals surface area contributed by atoms with Crippen molar-refractivity contribution in [3.05, 3.63) is 47.5 Å². The molecule has 3 N–H and O–H groups in total. The van der Waals surface area contributed by atoms with Gasteiger partial charge in [-0.05, 0) is 24.1 Å². The number of aromatic nitrogens is 2. The predicted octanol–water partition coefficient (Wildman–Crippen LogP) is 1.31. The van der Waals surface area contributed by atoms with Crippen LogP contribution in [0.4, 0.5) is 5.69 Å². The lowest BCUT2D eigenvalue weighted by molar-refractivity contribution is 0.0950. The lowest BCUT2D eigenvalue weighted by Gasteiger charge is -2.06. The predicted molar refractivity (Wildman–Crippen MR) is 68.4 cm³/mol. The molecule has 0 atom stereocenters. The van der Waals surface area contributed by atoms with E-state index in [0.29, 0.717) is 12.1 Å². The monoisotopic (exact) mass is 242 g/mol. The number of imidazole rings is 1. The highest BCUT2D eigenvalue weighted by Crippen LogP contribution is 2.23. The molecular formula is C13H14N4O. The Kier molecular flexibility index (Phi) is 2.72. The van der Waals surface area contributed by atoms with Crippen molar-refractivity contribution in [3.8, 4) is 0 Å². The van der Waals surface area contributed by atoms with Crippen LogP contribution in [0.5, 0.6) is 0 Å². The van der Waals surface area contributed by atoms with Crippen molar-refractivity contribution < 1.29 is 4.79 Å². The van der Waals surface area contributed by atoms with E-state index in [4.69, 9.17) is 0 Å². The minimum absolute atomic E-state index is 0.0806. The Morgan fingerprint density at radius 2 is 2.39 bits per heavy atom. The molecule has 1 aromatic heterocycles. The average molecular weight is 242 g/mol. The molecule has 0 aliphatic carbocycles. The summed E-state index contributed by atoms with van der Waals surface area (Å²) in [6.45, 7) is 1.36. The highest BCUT2D eigenvalue weighted by Gasteiger charge is 2.13. The highest BCUT2D eigenvalue weighted by atomic mass is 16.1. The first kappa shape index (κ1) is 10.8. The smallest absolute Gasteiger partial charge is 0.251 e. The topological polar surface area (TPSA) is 69.8 Å². The van der Waals surface area contributed by atoms with Crippen LogP contribution >= 0.6 is 0 Å². The van der Waals surface area contributed by atoms with Crippen molar-refractivity contribution in [2.75, 3.05) is 11.9 Å². The maximum absolute atomic E-state index is 12.0. The number of hydrogen-bond donors (Lipinski definition) is 3. The first-order valence-electron chi connectivity index (χ1n) is 5.96. The number of hydrogen-bond acceptors (Lipinski definition) is 3. The minimum atomic E-state index is -0.0806. The second kappa shape index (κ2) is 4.52. The van der Waals surface area contributed by atoms with E-state index in [2.05, 4.69) is 20.6 Å². The molecule has 0 saturated heterocycles. The van der Waals surface area contributed by atoms with Crippen molar-refractivity contribution in [1.82, 2.24) is 15.3 Å². The quantitative estimate of drug-likeness (QED) is 0.760. The zero-order chi connectivity index (χ0) is 12.4. The molecule has 0 saturated carbocycles. The second-order valence-corrected chi connectivity index (χ2v) is 4.27. The van der Waals surface area contributed by atoms with Crippen molar-refractivity contribution in [2.24, 2.45) is 0 Å². The number of nitrogens with one attached hydrogen (secondary N) is 3. The number of rotatable bonds is 3. The van der Waals surface area contributed by atoms with Crippen LogP contribution in [-0.4, -0.2) is 22.4 Å². The van der Waals surface area contributed by atoms with Gasteiger partial charge in [0.25, 0.3) is 5.91 Å². The van der Waals surface area contributed by atoms with Crippen LogP contribution < -0.4 is 10.6 Å². The standard InChI is InChI=1S/C13H14N4O/c18-13(17-8-12-15-5-6-16-12)10-2-1-9-3-4-14-11(9)7-10/h1-2,5-7,14H,3-4,8H2,(H,15,16)(H,17,18). The molecular weight excluding hydrogens is 228 g/mol. The Balaban J connectivity index is 1.69. The molecule has 5 heteroatoms. The van der Waals surface area contributed by atoms with Crippen LogP contribution in [0.3, 0.4) is 0 Å². The third kappa shape index (κ3) is 2.07. The molecule has 0 bridgehead atoms. The summed E-state index contributed by atoms with van der Waals surface area (Å²) >= 11 is 0. The number of anilines is 1. The van der Waals surface area contributed by atoms with Gasteiger partial charge in [0.15, 0.2) is 0 Å². The number of fused-ring (bicyclic) bond motifs is 1. The van der Waals surface area contributed by atoms with Gasteiger partial charge in [-0.1, -0.05) is 6.07 Å². The molecule has 18 heavy (non-hydrogen) atoms. The number of carbonyl (C=O) groups is 1.